The molecule has 0 spiro atoms. The van der Waals surface area contributed by atoms with E-state index in [-0.39, 0.29) is 24.5 Å². The minimum Gasteiger partial charge on any atom is -0.460 e. The van der Waals surface area contributed by atoms with Crippen LogP contribution in [-0.2, 0) is 20.9 Å². The third-order valence-electron chi connectivity index (χ3n) is 4.38. The summed E-state index contributed by atoms with van der Waals surface area (Å²) in [5.74, 6) is -3.23. The maximum absolute atomic E-state index is 13.2. The maximum Gasteiger partial charge on any atom is 0.375 e. The Kier molecular flexibility index (Phi) is 5.97. The van der Waals surface area contributed by atoms with Gasteiger partial charge in [0.2, 0.25) is 5.78 Å². The number of esters is 1. The summed E-state index contributed by atoms with van der Waals surface area (Å²) >= 11 is 0. The summed E-state index contributed by atoms with van der Waals surface area (Å²) < 4.78 is 19.5. The average molecular weight is 395 g/mol. The van der Waals surface area contributed by atoms with Crippen molar-refractivity contribution < 1.29 is 23.5 Å². The topological polar surface area (TPSA) is 82.4 Å². The third-order valence-corrected chi connectivity index (χ3v) is 4.38. The Morgan fingerprint density at radius 3 is 2.41 bits per heavy atom. The number of fused-ring (bicyclic) bond motifs is 1. The van der Waals surface area contributed by atoms with Crippen LogP contribution in [0.25, 0.3) is 10.9 Å². The Morgan fingerprint density at radius 1 is 1.03 bits per heavy atom. The Morgan fingerprint density at radius 2 is 1.72 bits per heavy atom. The van der Waals surface area contributed by atoms with Crippen molar-refractivity contribution in [1.29, 1.82) is 0 Å². The molecule has 0 radical (unpaired) electrons. The third kappa shape index (κ3) is 4.45. The van der Waals surface area contributed by atoms with Crippen molar-refractivity contribution in [1.82, 2.24) is 4.57 Å². The van der Waals surface area contributed by atoms with Crippen LogP contribution < -0.4 is 5.43 Å². The van der Waals surface area contributed by atoms with Gasteiger partial charge in [0.15, 0.2) is 11.2 Å². The number of ketones is 2. The van der Waals surface area contributed by atoms with Gasteiger partial charge in [0.05, 0.1) is 24.1 Å². The highest BCUT2D eigenvalue weighted by atomic mass is 19.1. The van der Waals surface area contributed by atoms with Gasteiger partial charge in [0, 0.05) is 18.1 Å². The molecule has 1 heterocycles. The molecule has 0 atom stereocenters. The summed E-state index contributed by atoms with van der Waals surface area (Å²) in [7, 11) is 0. The molecule has 6 nitrogen and oxygen atoms in total. The van der Waals surface area contributed by atoms with E-state index in [2.05, 4.69) is 4.74 Å². The summed E-state index contributed by atoms with van der Waals surface area (Å²) in [4.78, 5) is 48.7. The molecular formula is C22H18FNO5. The van der Waals surface area contributed by atoms with Crippen molar-refractivity contribution in [3.05, 3.63) is 81.9 Å². The molecule has 0 aliphatic rings. The number of nitrogens with zero attached hydrogens (tertiary/aromatic N) is 1. The van der Waals surface area contributed by atoms with Crippen LogP contribution in [0.1, 0.15) is 29.3 Å². The molecule has 29 heavy (non-hydrogen) atoms. The van der Waals surface area contributed by atoms with Crippen molar-refractivity contribution in [2.45, 2.75) is 19.9 Å². The van der Waals surface area contributed by atoms with Crippen molar-refractivity contribution in [2.75, 3.05) is 6.61 Å². The Labute approximate surface area is 165 Å². The SMILES string of the molecule is CCOC(=O)C(=O)CC(=O)c1cn(Cc2ccc(F)cc2)c2ccccc2c1=O. The van der Waals surface area contributed by atoms with Crippen molar-refractivity contribution in [2.24, 2.45) is 0 Å². The van der Waals surface area contributed by atoms with Gasteiger partial charge in [-0.2, -0.15) is 0 Å². The second kappa shape index (κ2) is 8.60. The van der Waals surface area contributed by atoms with Crippen molar-refractivity contribution >= 4 is 28.4 Å². The molecule has 0 N–H and O–H groups in total. The van der Waals surface area contributed by atoms with Gasteiger partial charge in [0.25, 0.3) is 0 Å². The fourth-order valence-electron chi connectivity index (χ4n) is 2.99. The van der Waals surface area contributed by atoms with Gasteiger partial charge in [-0.25, -0.2) is 9.18 Å². The smallest absolute Gasteiger partial charge is 0.375 e. The number of hydrogen-bond acceptors (Lipinski definition) is 5. The summed E-state index contributed by atoms with van der Waals surface area (Å²) in [5.41, 5.74) is 0.650. The van der Waals surface area contributed by atoms with Crippen LogP contribution in [-0.4, -0.2) is 28.7 Å². The lowest BCUT2D eigenvalue weighted by Crippen LogP contribution is -2.25. The van der Waals surface area contributed by atoms with E-state index in [0.717, 1.165) is 5.56 Å². The van der Waals surface area contributed by atoms with E-state index in [0.29, 0.717) is 10.9 Å². The maximum atomic E-state index is 13.2. The summed E-state index contributed by atoms with van der Waals surface area (Å²) in [5, 5.41) is 0.309. The largest absolute Gasteiger partial charge is 0.460 e. The zero-order valence-corrected chi connectivity index (χ0v) is 15.7. The molecule has 1 aromatic heterocycles. The summed E-state index contributed by atoms with van der Waals surface area (Å²) in [6.07, 6.45) is 0.623. The van der Waals surface area contributed by atoms with Crippen LogP contribution in [0.4, 0.5) is 4.39 Å². The van der Waals surface area contributed by atoms with E-state index in [4.69, 9.17) is 0 Å². The van der Waals surface area contributed by atoms with E-state index in [1.807, 2.05) is 0 Å². The minimum atomic E-state index is -1.10. The molecule has 0 saturated heterocycles. The predicted molar refractivity (Wildman–Crippen MR) is 104 cm³/mol. The van der Waals surface area contributed by atoms with Crippen LogP contribution in [0.3, 0.4) is 0 Å². The van der Waals surface area contributed by atoms with E-state index in [9.17, 15) is 23.6 Å². The number of carbonyl (C=O) groups excluding carboxylic acids is 3. The molecule has 3 rings (SSSR count). The fourth-order valence-corrected chi connectivity index (χ4v) is 2.99. The first-order valence-electron chi connectivity index (χ1n) is 9.00. The first kappa shape index (κ1) is 20.1. The molecule has 0 saturated carbocycles. The normalized spacial score (nSPS) is 10.7. The van der Waals surface area contributed by atoms with Gasteiger partial charge in [-0.15, -0.1) is 0 Å². The molecule has 0 aliphatic carbocycles. The van der Waals surface area contributed by atoms with Crippen molar-refractivity contribution in [3.63, 3.8) is 0 Å². The molecule has 0 amide bonds. The number of carbonyl (C=O) groups is 3. The predicted octanol–water partition coefficient (Wildman–Crippen LogP) is 2.89. The first-order valence-corrected chi connectivity index (χ1v) is 9.00. The Hall–Kier alpha value is -3.61. The molecule has 0 bridgehead atoms. The number of halogens is 1. The second-order valence-electron chi connectivity index (χ2n) is 6.39. The Bertz CT molecular complexity index is 1150. The number of rotatable bonds is 7. The van der Waals surface area contributed by atoms with E-state index in [1.165, 1.54) is 18.3 Å². The molecular weight excluding hydrogens is 377 g/mol. The lowest BCUT2D eigenvalue weighted by atomic mass is 10.0. The van der Waals surface area contributed by atoms with Crippen LogP contribution >= 0.6 is 0 Å². The number of hydrogen-bond donors (Lipinski definition) is 0. The highest BCUT2D eigenvalue weighted by Crippen LogP contribution is 2.15. The van der Waals surface area contributed by atoms with Gasteiger partial charge in [-0.05, 0) is 36.8 Å². The van der Waals surface area contributed by atoms with Crippen LogP contribution in [0.5, 0.6) is 0 Å². The van der Waals surface area contributed by atoms with E-state index in [1.54, 1.807) is 47.9 Å². The highest BCUT2D eigenvalue weighted by Gasteiger charge is 2.23. The summed E-state index contributed by atoms with van der Waals surface area (Å²) in [6, 6.07) is 12.6. The first-order chi connectivity index (χ1) is 13.9. The Balaban J connectivity index is 2.01. The number of pyridine rings is 1. The molecule has 0 unspecified atom stereocenters. The number of Topliss-reactive ketones (excluding diaryl/α,β-unsaturated/α-hetero) is 2. The number of ether oxygens (including phenoxy) is 1. The molecule has 2 aromatic carbocycles. The minimum absolute atomic E-state index is 0.0131. The van der Waals surface area contributed by atoms with Gasteiger partial charge in [0.1, 0.15) is 5.82 Å². The average Bonchev–Trinajstić information content (AvgIpc) is 2.71. The number of para-hydroxylation sites is 1. The number of aromatic nitrogens is 1. The summed E-state index contributed by atoms with van der Waals surface area (Å²) in [6.45, 7) is 1.84. The lowest BCUT2D eigenvalue weighted by Gasteiger charge is -2.13. The molecule has 0 fully saturated rings. The molecule has 148 valence electrons. The fraction of sp³-hybridized carbons (Fsp3) is 0.182. The van der Waals surface area contributed by atoms with Crippen LogP contribution in [0.15, 0.2) is 59.5 Å². The van der Waals surface area contributed by atoms with Gasteiger partial charge in [-0.1, -0.05) is 24.3 Å². The molecule has 3 aromatic rings. The number of benzene rings is 2. The van der Waals surface area contributed by atoms with E-state index < -0.39 is 29.4 Å². The van der Waals surface area contributed by atoms with Gasteiger partial charge < -0.3 is 9.30 Å². The van der Waals surface area contributed by atoms with Crippen LogP contribution in [0.2, 0.25) is 0 Å². The monoisotopic (exact) mass is 395 g/mol. The van der Waals surface area contributed by atoms with Gasteiger partial charge in [-0.3, -0.25) is 14.4 Å². The quantitative estimate of drug-likeness (QED) is 0.266. The molecule has 7 heteroatoms. The van der Waals surface area contributed by atoms with Crippen molar-refractivity contribution in [3.8, 4) is 0 Å². The van der Waals surface area contributed by atoms with Gasteiger partial charge >= 0.3 is 5.97 Å². The standard InChI is InChI=1S/C22H18FNO5/c1-2-29-22(28)20(26)11-19(25)17-13-24(12-14-7-9-15(23)10-8-14)18-6-4-3-5-16(18)21(17)27/h3-10,13H,2,11-12H2,1H3. The zero-order chi connectivity index (χ0) is 21.0. The van der Waals surface area contributed by atoms with E-state index >= 15 is 0 Å². The second-order valence-corrected chi connectivity index (χ2v) is 6.39. The highest BCUT2D eigenvalue weighted by molar-refractivity contribution is 6.38. The lowest BCUT2D eigenvalue weighted by molar-refractivity contribution is -0.153. The van der Waals surface area contributed by atoms with Crippen LogP contribution in [0, 0.1) is 5.82 Å². The zero-order valence-electron chi connectivity index (χ0n) is 15.7. The molecule has 0 aliphatic heterocycles.